The fraction of sp³-hybridized carbons (Fsp3) is 0.208. The Kier molecular flexibility index (Phi) is 7.16. The molecule has 0 bridgehead atoms. The number of rotatable bonds is 5. The first kappa shape index (κ1) is 20.2. The smallest absolute Gasteiger partial charge is 0.384 e. The minimum absolute atomic E-state index is 0.240. The molecule has 2 aromatic carbocycles. The SMILES string of the molecule is CCOC(=O)C#CC(O)(/C(C)=C/c1ccccc1)/C(C)=C/c1ccccc1. The van der Waals surface area contributed by atoms with E-state index in [4.69, 9.17) is 4.74 Å². The number of carbonyl (C=O) groups is 1. The Bertz CT molecular complexity index is 826. The van der Waals surface area contributed by atoms with Gasteiger partial charge in [0, 0.05) is 5.92 Å². The van der Waals surface area contributed by atoms with Gasteiger partial charge in [0.15, 0.2) is 5.60 Å². The molecule has 0 amide bonds. The second kappa shape index (κ2) is 9.56. The van der Waals surface area contributed by atoms with Crippen LogP contribution in [0.25, 0.3) is 12.2 Å². The van der Waals surface area contributed by atoms with Crippen molar-refractivity contribution in [3.8, 4) is 11.8 Å². The molecular formula is C24H24O3. The molecule has 3 nitrogen and oxygen atoms in total. The molecule has 1 N–H and O–H groups in total. The van der Waals surface area contributed by atoms with Crippen LogP contribution in [-0.2, 0) is 9.53 Å². The maximum Gasteiger partial charge on any atom is 0.384 e. The van der Waals surface area contributed by atoms with Gasteiger partial charge in [-0.2, -0.15) is 0 Å². The molecule has 0 aliphatic carbocycles. The van der Waals surface area contributed by atoms with Gasteiger partial charge >= 0.3 is 5.97 Å². The van der Waals surface area contributed by atoms with Crippen LogP contribution in [0.3, 0.4) is 0 Å². The maximum absolute atomic E-state index is 11.7. The molecule has 2 rings (SSSR count). The number of benzene rings is 2. The monoisotopic (exact) mass is 360 g/mol. The summed E-state index contributed by atoms with van der Waals surface area (Å²) < 4.78 is 4.87. The highest BCUT2D eigenvalue weighted by Crippen LogP contribution is 2.28. The third-order valence-corrected chi connectivity index (χ3v) is 4.13. The predicted molar refractivity (Wildman–Crippen MR) is 110 cm³/mol. The van der Waals surface area contributed by atoms with Gasteiger partial charge in [0.05, 0.1) is 6.61 Å². The molecule has 0 fully saturated rings. The van der Waals surface area contributed by atoms with E-state index in [9.17, 15) is 9.90 Å². The van der Waals surface area contributed by atoms with Crippen molar-refractivity contribution in [2.45, 2.75) is 26.4 Å². The lowest BCUT2D eigenvalue weighted by Gasteiger charge is -2.25. The lowest BCUT2D eigenvalue weighted by molar-refractivity contribution is -0.136. The van der Waals surface area contributed by atoms with Crippen molar-refractivity contribution in [3.63, 3.8) is 0 Å². The molecule has 0 saturated heterocycles. The van der Waals surface area contributed by atoms with Crippen molar-refractivity contribution in [2.75, 3.05) is 6.61 Å². The molecule has 0 spiro atoms. The molecule has 0 saturated carbocycles. The quantitative estimate of drug-likeness (QED) is 0.485. The van der Waals surface area contributed by atoms with Crippen LogP contribution in [0.15, 0.2) is 71.8 Å². The zero-order valence-electron chi connectivity index (χ0n) is 15.9. The number of esters is 1. The van der Waals surface area contributed by atoms with Crippen molar-refractivity contribution < 1.29 is 14.6 Å². The van der Waals surface area contributed by atoms with E-state index in [0.29, 0.717) is 11.1 Å². The van der Waals surface area contributed by atoms with E-state index < -0.39 is 11.6 Å². The maximum atomic E-state index is 11.7. The molecule has 138 valence electrons. The number of hydrogen-bond donors (Lipinski definition) is 1. The Balaban J connectivity index is 2.49. The van der Waals surface area contributed by atoms with Gasteiger partial charge in [-0.1, -0.05) is 72.8 Å². The minimum atomic E-state index is -1.58. The normalized spacial score (nSPS) is 12.1. The van der Waals surface area contributed by atoms with E-state index in [0.717, 1.165) is 11.1 Å². The number of ether oxygens (including phenoxy) is 1. The number of carbonyl (C=O) groups excluding carboxylic acids is 1. The first-order chi connectivity index (χ1) is 13.0. The molecule has 0 unspecified atom stereocenters. The van der Waals surface area contributed by atoms with Gasteiger partial charge in [-0.05, 0) is 49.0 Å². The van der Waals surface area contributed by atoms with Crippen molar-refractivity contribution in [1.29, 1.82) is 0 Å². The number of aliphatic hydroxyl groups is 1. The average molecular weight is 360 g/mol. The van der Waals surface area contributed by atoms with Gasteiger partial charge < -0.3 is 9.84 Å². The zero-order chi connectivity index (χ0) is 19.7. The average Bonchev–Trinajstić information content (AvgIpc) is 2.67. The van der Waals surface area contributed by atoms with Gasteiger partial charge in [-0.3, -0.25) is 0 Å². The first-order valence-corrected chi connectivity index (χ1v) is 8.85. The first-order valence-electron chi connectivity index (χ1n) is 8.85. The molecule has 27 heavy (non-hydrogen) atoms. The van der Waals surface area contributed by atoms with Gasteiger partial charge in [0.25, 0.3) is 0 Å². The van der Waals surface area contributed by atoms with Crippen molar-refractivity contribution >= 4 is 18.1 Å². The molecule has 0 aromatic heterocycles. The predicted octanol–water partition coefficient (Wildman–Crippen LogP) is 4.49. The Hall–Kier alpha value is -3.09. The van der Waals surface area contributed by atoms with Gasteiger partial charge in [0.1, 0.15) is 0 Å². The number of hydrogen-bond acceptors (Lipinski definition) is 3. The van der Waals surface area contributed by atoms with E-state index in [1.54, 1.807) is 20.8 Å². The van der Waals surface area contributed by atoms with Crippen molar-refractivity contribution in [2.24, 2.45) is 0 Å². The second-order valence-corrected chi connectivity index (χ2v) is 6.16. The Morgan fingerprint density at radius 3 is 1.81 bits per heavy atom. The highest BCUT2D eigenvalue weighted by molar-refractivity contribution is 5.89. The highest BCUT2D eigenvalue weighted by atomic mass is 16.5. The molecule has 0 heterocycles. The van der Waals surface area contributed by atoms with Crippen molar-refractivity contribution in [3.05, 3.63) is 82.9 Å². The molecule has 2 aromatic rings. The molecule has 3 heteroatoms. The fourth-order valence-corrected chi connectivity index (χ4v) is 2.62. The fourth-order valence-electron chi connectivity index (χ4n) is 2.62. The molecule has 0 aliphatic heterocycles. The summed E-state index contributed by atoms with van der Waals surface area (Å²) in [5.74, 6) is 4.47. The van der Waals surface area contributed by atoms with E-state index in [1.165, 1.54) is 0 Å². The van der Waals surface area contributed by atoms with Gasteiger partial charge in [0.2, 0.25) is 0 Å². The molecular weight excluding hydrogens is 336 g/mol. The third kappa shape index (κ3) is 5.70. The molecule has 0 atom stereocenters. The summed E-state index contributed by atoms with van der Waals surface area (Å²) in [6.45, 7) is 5.56. The minimum Gasteiger partial charge on any atom is -0.456 e. The van der Waals surface area contributed by atoms with Crippen molar-refractivity contribution in [1.82, 2.24) is 0 Å². The summed E-state index contributed by atoms with van der Waals surface area (Å²) in [6.07, 6.45) is 3.73. The van der Waals surface area contributed by atoms with Crippen LogP contribution in [0.4, 0.5) is 0 Å². The lowest BCUT2D eigenvalue weighted by Crippen LogP contribution is -2.30. The van der Waals surface area contributed by atoms with Gasteiger partial charge in [-0.25, -0.2) is 4.79 Å². The van der Waals surface area contributed by atoms with Crippen LogP contribution in [0.5, 0.6) is 0 Å². The molecule has 0 radical (unpaired) electrons. The lowest BCUT2D eigenvalue weighted by atomic mass is 9.85. The summed E-state index contributed by atoms with van der Waals surface area (Å²) in [6, 6.07) is 19.3. The molecule has 0 aliphatic rings. The van der Waals surface area contributed by atoms with Gasteiger partial charge in [-0.15, -0.1) is 0 Å². The summed E-state index contributed by atoms with van der Waals surface area (Å²) in [5, 5.41) is 11.4. The van der Waals surface area contributed by atoms with E-state index in [2.05, 4.69) is 11.8 Å². The van der Waals surface area contributed by atoms with Crippen LogP contribution < -0.4 is 0 Å². The van der Waals surface area contributed by atoms with E-state index in [-0.39, 0.29) is 6.61 Å². The Morgan fingerprint density at radius 2 is 1.41 bits per heavy atom. The summed E-state index contributed by atoms with van der Waals surface area (Å²) in [7, 11) is 0. The largest absolute Gasteiger partial charge is 0.456 e. The van der Waals surface area contributed by atoms with Crippen LogP contribution in [0.2, 0.25) is 0 Å². The van der Waals surface area contributed by atoms with E-state index in [1.807, 2.05) is 72.8 Å². The highest BCUT2D eigenvalue weighted by Gasteiger charge is 2.29. The van der Waals surface area contributed by atoms with Crippen LogP contribution in [0.1, 0.15) is 31.9 Å². The topological polar surface area (TPSA) is 46.5 Å². The van der Waals surface area contributed by atoms with Crippen LogP contribution in [-0.4, -0.2) is 23.3 Å². The Labute approximate surface area is 161 Å². The standard InChI is InChI=1S/C24H24O3/c1-4-27-23(25)15-16-24(26,19(2)17-21-11-7-5-8-12-21)20(3)18-22-13-9-6-10-14-22/h5-14,17-18,26H,4H2,1-3H3/b19-17+,20-18+. The third-order valence-electron chi connectivity index (χ3n) is 4.13. The summed E-state index contributed by atoms with van der Waals surface area (Å²) in [4.78, 5) is 11.7. The summed E-state index contributed by atoms with van der Waals surface area (Å²) >= 11 is 0. The Morgan fingerprint density at radius 1 is 0.963 bits per heavy atom. The summed E-state index contributed by atoms with van der Waals surface area (Å²) in [5.41, 5.74) is 1.54. The van der Waals surface area contributed by atoms with Crippen LogP contribution >= 0.6 is 0 Å². The van der Waals surface area contributed by atoms with Crippen LogP contribution in [0, 0.1) is 11.8 Å². The van der Waals surface area contributed by atoms with E-state index >= 15 is 0 Å². The second-order valence-electron chi connectivity index (χ2n) is 6.16. The zero-order valence-corrected chi connectivity index (χ0v) is 15.9.